The SMILES string of the molecule is CN(CCCN1CCCCC1)c1nc(N)nc2c1CCCc1ccccc1-2. The van der Waals surface area contributed by atoms with Gasteiger partial charge in [0, 0.05) is 24.7 Å². The summed E-state index contributed by atoms with van der Waals surface area (Å²) in [6, 6.07) is 8.59. The van der Waals surface area contributed by atoms with Gasteiger partial charge in [-0.1, -0.05) is 30.7 Å². The fraction of sp³-hybridized carbons (Fsp3) is 0.545. The zero-order valence-electron chi connectivity index (χ0n) is 16.5. The largest absolute Gasteiger partial charge is 0.368 e. The molecule has 0 unspecified atom stereocenters. The molecule has 1 saturated heterocycles. The van der Waals surface area contributed by atoms with Crippen molar-refractivity contribution in [2.75, 3.05) is 43.9 Å². The molecule has 2 heterocycles. The Balaban J connectivity index is 1.54. The smallest absolute Gasteiger partial charge is 0.222 e. The van der Waals surface area contributed by atoms with Crippen LogP contribution in [0, 0.1) is 0 Å². The molecule has 1 aromatic carbocycles. The Morgan fingerprint density at radius 1 is 1.04 bits per heavy atom. The lowest BCUT2D eigenvalue weighted by atomic mass is 10.0. The molecule has 5 nitrogen and oxygen atoms in total. The molecule has 0 bridgehead atoms. The van der Waals surface area contributed by atoms with E-state index in [1.165, 1.54) is 55.6 Å². The molecule has 0 radical (unpaired) electrons. The third kappa shape index (κ3) is 4.08. The molecule has 5 heteroatoms. The number of nitrogens with two attached hydrogens (primary N) is 1. The number of rotatable bonds is 5. The molecule has 2 aromatic rings. The molecule has 1 aliphatic heterocycles. The van der Waals surface area contributed by atoms with E-state index in [1.54, 1.807) is 0 Å². The minimum absolute atomic E-state index is 0.378. The average Bonchev–Trinajstić information content (AvgIpc) is 2.88. The number of anilines is 2. The summed E-state index contributed by atoms with van der Waals surface area (Å²) in [5, 5.41) is 0. The van der Waals surface area contributed by atoms with Crippen LogP contribution in [-0.2, 0) is 12.8 Å². The van der Waals surface area contributed by atoms with Crippen LogP contribution in [0.4, 0.5) is 11.8 Å². The van der Waals surface area contributed by atoms with E-state index in [9.17, 15) is 0 Å². The topological polar surface area (TPSA) is 58.3 Å². The van der Waals surface area contributed by atoms with Crippen molar-refractivity contribution in [3.05, 3.63) is 35.4 Å². The summed E-state index contributed by atoms with van der Waals surface area (Å²) >= 11 is 0. The molecule has 1 fully saturated rings. The third-order valence-corrected chi connectivity index (χ3v) is 5.93. The Morgan fingerprint density at radius 2 is 1.85 bits per heavy atom. The van der Waals surface area contributed by atoms with Crippen LogP contribution in [0.5, 0.6) is 0 Å². The van der Waals surface area contributed by atoms with Gasteiger partial charge >= 0.3 is 0 Å². The van der Waals surface area contributed by atoms with E-state index in [0.717, 1.165) is 43.7 Å². The summed E-state index contributed by atoms with van der Waals surface area (Å²) in [6.45, 7) is 4.70. The minimum Gasteiger partial charge on any atom is -0.368 e. The van der Waals surface area contributed by atoms with Crippen molar-refractivity contribution >= 4 is 11.8 Å². The van der Waals surface area contributed by atoms with Crippen molar-refractivity contribution in [3.63, 3.8) is 0 Å². The number of hydrogen-bond acceptors (Lipinski definition) is 5. The highest BCUT2D eigenvalue weighted by Crippen LogP contribution is 2.35. The number of aryl methyl sites for hydroxylation is 1. The van der Waals surface area contributed by atoms with Crippen molar-refractivity contribution in [1.82, 2.24) is 14.9 Å². The van der Waals surface area contributed by atoms with E-state index in [1.807, 2.05) is 0 Å². The lowest BCUT2D eigenvalue weighted by Gasteiger charge is -2.28. The first-order valence-electron chi connectivity index (χ1n) is 10.4. The molecule has 0 saturated carbocycles. The number of nitrogen functional groups attached to an aromatic ring is 1. The van der Waals surface area contributed by atoms with Crippen LogP contribution in [0.15, 0.2) is 24.3 Å². The second-order valence-corrected chi connectivity index (χ2v) is 7.92. The van der Waals surface area contributed by atoms with Gasteiger partial charge in [-0.3, -0.25) is 0 Å². The van der Waals surface area contributed by atoms with Gasteiger partial charge in [-0.05, 0) is 63.7 Å². The van der Waals surface area contributed by atoms with Crippen molar-refractivity contribution in [3.8, 4) is 11.3 Å². The Morgan fingerprint density at radius 3 is 2.70 bits per heavy atom. The van der Waals surface area contributed by atoms with E-state index < -0.39 is 0 Å². The highest BCUT2D eigenvalue weighted by Gasteiger charge is 2.22. The highest BCUT2D eigenvalue weighted by atomic mass is 15.2. The molecule has 1 aliphatic carbocycles. The van der Waals surface area contributed by atoms with Crippen molar-refractivity contribution in [2.45, 2.75) is 44.9 Å². The maximum absolute atomic E-state index is 6.12. The summed E-state index contributed by atoms with van der Waals surface area (Å²) in [5.41, 5.74) is 11.0. The predicted molar refractivity (Wildman–Crippen MR) is 112 cm³/mol. The fourth-order valence-electron chi connectivity index (χ4n) is 4.50. The summed E-state index contributed by atoms with van der Waals surface area (Å²) in [6.07, 6.45) is 8.49. The second-order valence-electron chi connectivity index (χ2n) is 7.92. The van der Waals surface area contributed by atoms with Gasteiger partial charge in [0.25, 0.3) is 0 Å². The zero-order chi connectivity index (χ0) is 18.6. The standard InChI is InChI=1S/C22H31N5/c1-26(13-8-16-27-14-5-2-6-15-27)21-19-12-7-10-17-9-3-4-11-18(17)20(19)24-22(23)25-21/h3-4,9,11H,2,5-8,10,12-16H2,1H3,(H2,23,24,25). The molecule has 2 aliphatic rings. The van der Waals surface area contributed by atoms with Crippen LogP contribution in [-0.4, -0.2) is 48.1 Å². The van der Waals surface area contributed by atoms with Gasteiger partial charge in [0.15, 0.2) is 0 Å². The average molecular weight is 366 g/mol. The van der Waals surface area contributed by atoms with Crippen LogP contribution in [0.3, 0.4) is 0 Å². The number of aromatic nitrogens is 2. The van der Waals surface area contributed by atoms with Crippen molar-refractivity contribution in [1.29, 1.82) is 0 Å². The van der Waals surface area contributed by atoms with Gasteiger partial charge in [-0.25, -0.2) is 4.98 Å². The molecule has 0 atom stereocenters. The molecule has 2 N–H and O–H groups in total. The van der Waals surface area contributed by atoms with Gasteiger partial charge < -0.3 is 15.5 Å². The molecular formula is C22H31N5. The highest BCUT2D eigenvalue weighted by molar-refractivity contribution is 5.73. The van der Waals surface area contributed by atoms with Gasteiger partial charge in [0.2, 0.25) is 5.95 Å². The first-order chi connectivity index (χ1) is 13.2. The predicted octanol–water partition coefficient (Wildman–Crippen LogP) is 3.53. The Bertz CT molecular complexity index is 782. The Labute approximate surface area is 162 Å². The Hall–Kier alpha value is -2.14. The van der Waals surface area contributed by atoms with Crippen LogP contribution < -0.4 is 10.6 Å². The number of piperidine rings is 1. The molecule has 4 rings (SSSR count). The van der Waals surface area contributed by atoms with Crippen LogP contribution >= 0.6 is 0 Å². The fourth-order valence-corrected chi connectivity index (χ4v) is 4.50. The summed E-state index contributed by atoms with van der Waals surface area (Å²) in [5.74, 6) is 1.40. The molecule has 144 valence electrons. The molecule has 0 amide bonds. The normalized spacial score (nSPS) is 17.1. The summed E-state index contributed by atoms with van der Waals surface area (Å²) < 4.78 is 0. The van der Waals surface area contributed by atoms with E-state index in [0.29, 0.717) is 5.95 Å². The molecule has 27 heavy (non-hydrogen) atoms. The van der Waals surface area contributed by atoms with E-state index in [2.05, 4.69) is 51.1 Å². The quantitative estimate of drug-likeness (QED) is 0.878. The number of likely N-dealkylation sites (tertiary alicyclic amines) is 1. The summed E-state index contributed by atoms with van der Waals surface area (Å²) in [7, 11) is 2.15. The molecule has 0 spiro atoms. The lowest BCUT2D eigenvalue weighted by Crippen LogP contribution is -2.33. The van der Waals surface area contributed by atoms with Gasteiger partial charge in [0.1, 0.15) is 5.82 Å². The number of hydrogen-bond donors (Lipinski definition) is 1. The van der Waals surface area contributed by atoms with Crippen LogP contribution in [0.25, 0.3) is 11.3 Å². The number of fused-ring (bicyclic) bond motifs is 3. The van der Waals surface area contributed by atoms with Crippen molar-refractivity contribution in [2.24, 2.45) is 0 Å². The first-order valence-corrected chi connectivity index (χ1v) is 10.4. The maximum Gasteiger partial charge on any atom is 0.222 e. The maximum atomic E-state index is 6.12. The second kappa shape index (κ2) is 8.26. The minimum atomic E-state index is 0.378. The van der Waals surface area contributed by atoms with Crippen molar-refractivity contribution < 1.29 is 0 Å². The van der Waals surface area contributed by atoms with E-state index >= 15 is 0 Å². The lowest BCUT2D eigenvalue weighted by molar-refractivity contribution is 0.227. The van der Waals surface area contributed by atoms with Gasteiger partial charge in [-0.2, -0.15) is 4.98 Å². The van der Waals surface area contributed by atoms with Gasteiger partial charge in [0.05, 0.1) is 5.69 Å². The molecule has 1 aromatic heterocycles. The van der Waals surface area contributed by atoms with E-state index in [-0.39, 0.29) is 0 Å². The number of benzene rings is 1. The van der Waals surface area contributed by atoms with Crippen LogP contribution in [0.1, 0.15) is 43.2 Å². The molecular weight excluding hydrogens is 334 g/mol. The Kier molecular flexibility index (Phi) is 5.58. The van der Waals surface area contributed by atoms with Crippen LogP contribution in [0.2, 0.25) is 0 Å². The zero-order valence-corrected chi connectivity index (χ0v) is 16.5. The summed E-state index contributed by atoms with van der Waals surface area (Å²) in [4.78, 5) is 14.2. The first kappa shape index (κ1) is 18.2. The van der Waals surface area contributed by atoms with E-state index in [4.69, 9.17) is 5.73 Å². The monoisotopic (exact) mass is 365 g/mol. The van der Waals surface area contributed by atoms with Gasteiger partial charge in [-0.15, -0.1) is 0 Å². The third-order valence-electron chi connectivity index (χ3n) is 5.93. The number of nitrogens with zero attached hydrogens (tertiary/aromatic N) is 4.